The van der Waals surface area contributed by atoms with Crippen LogP contribution in [0.4, 0.5) is 4.39 Å². The fraction of sp³-hybridized carbons (Fsp3) is 0.222. The molecule has 0 spiro atoms. The molecule has 2 aromatic heterocycles. The third kappa shape index (κ3) is 3.80. The van der Waals surface area contributed by atoms with Crippen molar-refractivity contribution in [3.63, 3.8) is 0 Å². The average Bonchev–Trinajstić information content (AvgIpc) is 2.57. The number of nitrogens with zero attached hydrogens (tertiary/aromatic N) is 3. The quantitative estimate of drug-likeness (QED) is 0.706. The summed E-state index contributed by atoms with van der Waals surface area (Å²) in [6.45, 7) is 3.43. The molecular formula is C18H16BrFN4O2. The number of rotatable bonds is 4. The maximum Gasteiger partial charge on any atom is 0.263 e. The van der Waals surface area contributed by atoms with Crippen LogP contribution in [-0.2, 0) is 11.3 Å². The monoisotopic (exact) mass is 418 g/mol. The highest BCUT2D eigenvalue weighted by Gasteiger charge is 2.17. The largest absolute Gasteiger partial charge is 0.352 e. The molecule has 8 heteroatoms. The maximum absolute atomic E-state index is 13.7. The summed E-state index contributed by atoms with van der Waals surface area (Å²) in [5, 5.41) is 3.02. The molecule has 0 aliphatic carbocycles. The van der Waals surface area contributed by atoms with Crippen molar-refractivity contribution in [3.8, 4) is 11.4 Å². The molecule has 3 rings (SSSR count). The lowest BCUT2D eigenvalue weighted by atomic mass is 10.2. The molecule has 0 aliphatic rings. The van der Waals surface area contributed by atoms with Crippen molar-refractivity contribution >= 4 is 32.9 Å². The van der Waals surface area contributed by atoms with Gasteiger partial charge in [-0.3, -0.25) is 14.2 Å². The predicted molar refractivity (Wildman–Crippen MR) is 100 cm³/mol. The lowest BCUT2D eigenvalue weighted by molar-refractivity contribution is -0.122. The molecule has 1 amide bonds. The van der Waals surface area contributed by atoms with Gasteiger partial charge >= 0.3 is 0 Å². The molecule has 0 fully saturated rings. The van der Waals surface area contributed by atoms with Crippen LogP contribution in [0.1, 0.15) is 13.8 Å². The van der Waals surface area contributed by atoms with Gasteiger partial charge in [-0.15, -0.1) is 0 Å². The highest BCUT2D eigenvalue weighted by molar-refractivity contribution is 9.10. The molecule has 0 atom stereocenters. The number of nitrogens with one attached hydrogen (secondary N) is 1. The van der Waals surface area contributed by atoms with Crippen LogP contribution in [0.25, 0.3) is 22.4 Å². The third-order valence-electron chi connectivity index (χ3n) is 3.61. The van der Waals surface area contributed by atoms with Gasteiger partial charge in [-0.05, 0) is 48.0 Å². The Hall–Kier alpha value is -2.61. The normalized spacial score (nSPS) is 11.1. The number of benzene rings is 1. The maximum atomic E-state index is 13.7. The molecule has 0 aliphatic heterocycles. The van der Waals surface area contributed by atoms with Crippen molar-refractivity contribution in [3.05, 3.63) is 57.2 Å². The van der Waals surface area contributed by atoms with Gasteiger partial charge in [0.15, 0.2) is 5.65 Å². The number of carbonyl (C=O) groups is 1. The summed E-state index contributed by atoms with van der Waals surface area (Å²) in [5.74, 6) is -0.599. The zero-order valence-corrected chi connectivity index (χ0v) is 15.7. The number of halogens is 2. The Bertz CT molecular complexity index is 1050. The molecular weight excluding hydrogens is 403 g/mol. The molecule has 6 nitrogen and oxygen atoms in total. The summed E-state index contributed by atoms with van der Waals surface area (Å²) in [7, 11) is 0. The van der Waals surface area contributed by atoms with Crippen molar-refractivity contribution in [1.29, 1.82) is 0 Å². The van der Waals surface area contributed by atoms with E-state index in [0.29, 0.717) is 10.0 Å². The zero-order chi connectivity index (χ0) is 18.8. The zero-order valence-electron chi connectivity index (χ0n) is 14.2. The second-order valence-electron chi connectivity index (χ2n) is 6.08. The molecule has 26 heavy (non-hydrogen) atoms. The Kier molecular flexibility index (Phi) is 5.13. The van der Waals surface area contributed by atoms with E-state index < -0.39 is 11.4 Å². The topological polar surface area (TPSA) is 76.9 Å². The van der Waals surface area contributed by atoms with Crippen LogP contribution in [0.3, 0.4) is 0 Å². The van der Waals surface area contributed by atoms with Crippen LogP contribution in [0, 0.1) is 5.82 Å². The minimum absolute atomic E-state index is 0.0694. The summed E-state index contributed by atoms with van der Waals surface area (Å²) in [6, 6.07) is 7.25. The number of aromatic nitrogens is 3. The first-order chi connectivity index (χ1) is 12.3. The lowest BCUT2D eigenvalue weighted by Crippen LogP contribution is -2.37. The fourth-order valence-corrected chi connectivity index (χ4v) is 2.92. The van der Waals surface area contributed by atoms with E-state index in [9.17, 15) is 14.0 Å². The van der Waals surface area contributed by atoms with Crippen molar-refractivity contribution in [2.24, 2.45) is 0 Å². The van der Waals surface area contributed by atoms with E-state index >= 15 is 0 Å². The highest BCUT2D eigenvalue weighted by Crippen LogP contribution is 2.20. The van der Waals surface area contributed by atoms with Crippen LogP contribution in [0.2, 0.25) is 0 Å². The second kappa shape index (κ2) is 7.33. The van der Waals surface area contributed by atoms with Gasteiger partial charge in [0.2, 0.25) is 5.91 Å². The van der Waals surface area contributed by atoms with Gasteiger partial charge in [-0.2, -0.15) is 0 Å². The predicted octanol–water partition coefficient (Wildman–Crippen LogP) is 2.88. The van der Waals surface area contributed by atoms with E-state index in [2.05, 4.69) is 31.2 Å². The average molecular weight is 419 g/mol. The van der Waals surface area contributed by atoms with Crippen LogP contribution >= 0.6 is 15.9 Å². The van der Waals surface area contributed by atoms with Crippen molar-refractivity contribution < 1.29 is 9.18 Å². The molecule has 1 N–H and O–H groups in total. The molecule has 1 aromatic carbocycles. The molecule has 0 unspecified atom stereocenters. The molecule has 3 aromatic rings. The van der Waals surface area contributed by atoms with E-state index in [1.165, 1.54) is 29.0 Å². The molecule has 0 saturated heterocycles. The van der Waals surface area contributed by atoms with E-state index in [0.717, 1.165) is 0 Å². The summed E-state index contributed by atoms with van der Waals surface area (Å²) in [5.41, 5.74) is 0.214. The molecule has 0 radical (unpaired) electrons. The molecule has 0 saturated carbocycles. The summed E-state index contributed by atoms with van der Waals surface area (Å²) in [4.78, 5) is 33.8. The van der Waals surface area contributed by atoms with Crippen molar-refractivity contribution in [2.45, 2.75) is 26.4 Å². The number of pyridine rings is 1. The van der Waals surface area contributed by atoms with Gasteiger partial charge in [0.25, 0.3) is 5.56 Å². The first-order valence-electron chi connectivity index (χ1n) is 7.96. The van der Waals surface area contributed by atoms with Crippen molar-refractivity contribution in [1.82, 2.24) is 19.9 Å². The Labute approximate surface area is 157 Å². The van der Waals surface area contributed by atoms with Gasteiger partial charge in [-0.1, -0.05) is 12.1 Å². The minimum atomic E-state index is -0.459. The first kappa shape index (κ1) is 18.2. The van der Waals surface area contributed by atoms with E-state index in [-0.39, 0.29) is 35.4 Å². The van der Waals surface area contributed by atoms with Crippen LogP contribution in [0.15, 0.2) is 45.8 Å². The summed E-state index contributed by atoms with van der Waals surface area (Å²) >= 11 is 3.28. The van der Waals surface area contributed by atoms with Crippen LogP contribution in [-0.4, -0.2) is 26.5 Å². The molecule has 134 valence electrons. The van der Waals surface area contributed by atoms with E-state index in [1.54, 1.807) is 12.1 Å². The van der Waals surface area contributed by atoms with Gasteiger partial charge in [0, 0.05) is 22.3 Å². The minimum Gasteiger partial charge on any atom is -0.352 e. The Balaban J connectivity index is 2.23. The fourth-order valence-electron chi connectivity index (χ4n) is 2.59. The smallest absolute Gasteiger partial charge is 0.263 e. The lowest BCUT2D eigenvalue weighted by Gasteiger charge is -2.14. The van der Waals surface area contributed by atoms with Crippen LogP contribution < -0.4 is 10.9 Å². The van der Waals surface area contributed by atoms with Crippen LogP contribution in [0.5, 0.6) is 0 Å². The highest BCUT2D eigenvalue weighted by atomic mass is 79.9. The van der Waals surface area contributed by atoms with E-state index in [1.807, 2.05) is 13.8 Å². The standard InChI is InChI=1S/C18H16BrFN4O2/c1-10(2)22-15(25)9-24-17(11-4-3-5-13(20)6-11)23-16-14(18(24)26)7-12(19)8-21-16/h3-8,10H,9H2,1-2H3,(H,22,25). The first-order valence-corrected chi connectivity index (χ1v) is 8.76. The van der Waals surface area contributed by atoms with E-state index in [4.69, 9.17) is 0 Å². The molecule has 2 heterocycles. The molecule has 0 bridgehead atoms. The van der Waals surface area contributed by atoms with Crippen molar-refractivity contribution in [2.75, 3.05) is 0 Å². The number of hydrogen-bond donors (Lipinski definition) is 1. The van der Waals surface area contributed by atoms with Gasteiger partial charge in [-0.25, -0.2) is 14.4 Å². The Morgan fingerprint density at radius 2 is 2.12 bits per heavy atom. The third-order valence-corrected chi connectivity index (χ3v) is 4.04. The SMILES string of the molecule is CC(C)NC(=O)Cn1c(-c2cccc(F)c2)nc2ncc(Br)cc2c1=O. The van der Waals surface area contributed by atoms with Gasteiger partial charge < -0.3 is 5.32 Å². The number of amides is 1. The Morgan fingerprint density at radius 3 is 2.81 bits per heavy atom. The second-order valence-corrected chi connectivity index (χ2v) is 7.00. The number of carbonyl (C=O) groups excluding carboxylic acids is 1. The van der Waals surface area contributed by atoms with Gasteiger partial charge in [0.05, 0.1) is 5.39 Å². The summed E-state index contributed by atoms with van der Waals surface area (Å²) < 4.78 is 15.5. The summed E-state index contributed by atoms with van der Waals surface area (Å²) in [6.07, 6.45) is 1.53. The van der Waals surface area contributed by atoms with Gasteiger partial charge in [0.1, 0.15) is 18.2 Å². The Morgan fingerprint density at radius 1 is 1.35 bits per heavy atom. The number of hydrogen-bond acceptors (Lipinski definition) is 4. The number of fused-ring (bicyclic) bond motifs is 1.